The third kappa shape index (κ3) is 6.66. The maximum absolute atomic E-state index is 11.0. The minimum atomic E-state index is -0.640. The molecule has 0 aliphatic carbocycles. The number of amides is 1. The van der Waals surface area contributed by atoms with Crippen molar-refractivity contribution in [3.8, 4) is 17.2 Å². The zero-order chi connectivity index (χ0) is 20.4. The summed E-state index contributed by atoms with van der Waals surface area (Å²) in [7, 11) is 2.82. The highest BCUT2D eigenvalue weighted by Gasteiger charge is 2.06. The highest BCUT2D eigenvalue weighted by molar-refractivity contribution is 6.31. The average Bonchev–Trinajstić information content (AvgIpc) is 2.70. The van der Waals surface area contributed by atoms with Crippen molar-refractivity contribution in [2.45, 2.75) is 13.3 Å². The normalized spacial score (nSPS) is 10.6. The lowest BCUT2D eigenvalue weighted by Gasteiger charge is -2.12. The van der Waals surface area contributed by atoms with Crippen LogP contribution < -0.4 is 19.6 Å². The first-order chi connectivity index (χ1) is 13.5. The number of carbonyl (C=O) groups excluding carboxylic acids is 1. The van der Waals surface area contributed by atoms with Gasteiger partial charge in [0, 0.05) is 11.4 Å². The molecule has 0 aromatic heterocycles. The largest absolute Gasteiger partial charge is 0.493 e. The molecule has 0 spiro atoms. The molecular weight excluding hydrogens is 384 g/mol. The number of carbonyl (C=O) groups is 1. The summed E-state index contributed by atoms with van der Waals surface area (Å²) in [6, 6.07) is 10.9. The Kier molecular flexibility index (Phi) is 8.42. The van der Waals surface area contributed by atoms with Gasteiger partial charge in [-0.3, -0.25) is 0 Å². The quantitative estimate of drug-likeness (QED) is 0.383. The SMILES string of the molecule is COC(=O)N/N=C\c1ccc(OCCCOc2ccc(Cl)c(C)c2)c(OC)c1. The fourth-order valence-electron chi connectivity index (χ4n) is 2.23. The molecule has 0 aliphatic heterocycles. The van der Waals surface area contributed by atoms with Gasteiger partial charge in [-0.1, -0.05) is 11.6 Å². The molecule has 0 fully saturated rings. The maximum Gasteiger partial charge on any atom is 0.427 e. The van der Waals surface area contributed by atoms with E-state index in [0.717, 1.165) is 21.9 Å². The lowest BCUT2D eigenvalue weighted by molar-refractivity contribution is 0.171. The average molecular weight is 407 g/mol. The number of hydrogen-bond acceptors (Lipinski definition) is 6. The van der Waals surface area contributed by atoms with E-state index in [4.69, 9.17) is 25.8 Å². The molecule has 0 saturated carbocycles. The van der Waals surface area contributed by atoms with Crippen molar-refractivity contribution in [3.05, 3.63) is 52.5 Å². The predicted molar refractivity (Wildman–Crippen MR) is 108 cm³/mol. The molecule has 0 aliphatic rings. The second-order valence-corrected chi connectivity index (χ2v) is 6.14. The Morgan fingerprint density at radius 2 is 1.89 bits per heavy atom. The summed E-state index contributed by atoms with van der Waals surface area (Å²) in [5, 5.41) is 4.49. The molecule has 150 valence electrons. The molecule has 0 bridgehead atoms. The van der Waals surface area contributed by atoms with Crippen molar-refractivity contribution >= 4 is 23.9 Å². The molecule has 1 N–H and O–H groups in total. The highest BCUT2D eigenvalue weighted by Crippen LogP contribution is 2.27. The topological polar surface area (TPSA) is 78.4 Å². The highest BCUT2D eigenvalue weighted by atomic mass is 35.5. The van der Waals surface area contributed by atoms with Crippen molar-refractivity contribution in [2.75, 3.05) is 27.4 Å². The smallest absolute Gasteiger partial charge is 0.427 e. The van der Waals surface area contributed by atoms with E-state index in [1.54, 1.807) is 25.3 Å². The van der Waals surface area contributed by atoms with Crippen molar-refractivity contribution in [1.82, 2.24) is 5.43 Å². The van der Waals surface area contributed by atoms with E-state index >= 15 is 0 Å². The van der Waals surface area contributed by atoms with Gasteiger partial charge in [0.2, 0.25) is 0 Å². The monoisotopic (exact) mass is 406 g/mol. The molecule has 0 radical (unpaired) electrons. The van der Waals surface area contributed by atoms with E-state index < -0.39 is 6.09 Å². The van der Waals surface area contributed by atoms with Gasteiger partial charge in [0.15, 0.2) is 11.5 Å². The number of nitrogens with zero attached hydrogens (tertiary/aromatic N) is 1. The molecule has 0 saturated heterocycles. The summed E-state index contributed by atoms with van der Waals surface area (Å²) in [6.45, 7) is 2.93. The van der Waals surface area contributed by atoms with Crippen LogP contribution in [0.3, 0.4) is 0 Å². The number of ether oxygens (including phenoxy) is 4. The van der Waals surface area contributed by atoms with Gasteiger partial charge in [-0.25, -0.2) is 10.2 Å². The van der Waals surface area contributed by atoms with Crippen molar-refractivity contribution in [2.24, 2.45) is 5.10 Å². The number of benzene rings is 2. The van der Waals surface area contributed by atoms with E-state index in [-0.39, 0.29) is 0 Å². The first-order valence-corrected chi connectivity index (χ1v) is 8.98. The maximum atomic E-state index is 11.0. The van der Waals surface area contributed by atoms with Crippen LogP contribution in [0.15, 0.2) is 41.5 Å². The Hall–Kier alpha value is -2.93. The summed E-state index contributed by atoms with van der Waals surface area (Å²) in [5.74, 6) is 1.96. The molecule has 8 heteroatoms. The standard InChI is InChI=1S/C20H23ClN2O5/c1-14-11-16(6-7-17(14)21)27-9-4-10-28-18-8-5-15(12-19(18)25-2)13-22-23-20(24)26-3/h5-8,11-13H,4,9-10H2,1-3H3,(H,23,24)/b22-13-. The van der Waals surface area contributed by atoms with Crippen LogP contribution in [0.4, 0.5) is 4.79 Å². The fourth-order valence-corrected chi connectivity index (χ4v) is 2.34. The second kappa shape index (κ2) is 11.0. The number of halogens is 1. The molecular formula is C20H23ClN2O5. The van der Waals surface area contributed by atoms with Crippen LogP contribution in [0, 0.1) is 6.92 Å². The first kappa shape index (κ1) is 21.4. The van der Waals surface area contributed by atoms with Crippen LogP contribution in [-0.2, 0) is 4.74 Å². The third-order valence-corrected chi connectivity index (χ3v) is 4.11. The summed E-state index contributed by atoms with van der Waals surface area (Å²) < 4.78 is 21.2. The summed E-state index contributed by atoms with van der Waals surface area (Å²) in [4.78, 5) is 11.0. The lowest BCUT2D eigenvalue weighted by atomic mass is 10.2. The molecule has 0 atom stereocenters. The van der Waals surface area contributed by atoms with E-state index in [9.17, 15) is 4.79 Å². The van der Waals surface area contributed by atoms with Gasteiger partial charge in [-0.2, -0.15) is 5.10 Å². The van der Waals surface area contributed by atoms with Crippen LogP contribution in [0.5, 0.6) is 17.2 Å². The van der Waals surface area contributed by atoms with Gasteiger partial charge in [0.05, 0.1) is 33.6 Å². The van der Waals surface area contributed by atoms with Gasteiger partial charge >= 0.3 is 6.09 Å². The molecule has 7 nitrogen and oxygen atoms in total. The van der Waals surface area contributed by atoms with Crippen LogP contribution in [0.1, 0.15) is 17.5 Å². The van der Waals surface area contributed by atoms with E-state index in [1.807, 2.05) is 25.1 Å². The van der Waals surface area contributed by atoms with E-state index in [2.05, 4.69) is 15.3 Å². The Balaban J connectivity index is 1.81. The van der Waals surface area contributed by atoms with Crippen molar-refractivity contribution in [3.63, 3.8) is 0 Å². The van der Waals surface area contributed by atoms with Crippen LogP contribution in [0.25, 0.3) is 0 Å². The Morgan fingerprint density at radius 3 is 2.61 bits per heavy atom. The molecule has 0 unspecified atom stereocenters. The molecule has 28 heavy (non-hydrogen) atoms. The number of aryl methyl sites for hydroxylation is 1. The molecule has 1 amide bonds. The first-order valence-electron chi connectivity index (χ1n) is 8.60. The zero-order valence-electron chi connectivity index (χ0n) is 16.0. The molecule has 2 aromatic carbocycles. The summed E-state index contributed by atoms with van der Waals surface area (Å²) in [6.07, 6.45) is 1.54. The Bertz CT molecular complexity index is 826. The van der Waals surface area contributed by atoms with E-state index in [1.165, 1.54) is 13.3 Å². The lowest BCUT2D eigenvalue weighted by Crippen LogP contribution is -2.16. The van der Waals surface area contributed by atoms with Gasteiger partial charge in [-0.15, -0.1) is 0 Å². The van der Waals surface area contributed by atoms with Crippen LogP contribution in [-0.4, -0.2) is 39.7 Å². The van der Waals surface area contributed by atoms with Gasteiger partial charge in [0.25, 0.3) is 0 Å². The van der Waals surface area contributed by atoms with Gasteiger partial charge < -0.3 is 18.9 Å². The third-order valence-electron chi connectivity index (χ3n) is 3.69. The minimum Gasteiger partial charge on any atom is -0.493 e. The Labute approximate surface area is 169 Å². The minimum absolute atomic E-state index is 0.472. The predicted octanol–water partition coefficient (Wildman–Crippen LogP) is 4.19. The number of nitrogens with one attached hydrogen (secondary N) is 1. The summed E-state index contributed by atoms with van der Waals surface area (Å²) in [5.41, 5.74) is 3.93. The number of rotatable bonds is 9. The van der Waals surface area contributed by atoms with Crippen molar-refractivity contribution < 1.29 is 23.7 Å². The molecule has 2 aromatic rings. The van der Waals surface area contributed by atoms with Gasteiger partial charge in [-0.05, 0) is 54.4 Å². The number of hydrogen-bond donors (Lipinski definition) is 1. The van der Waals surface area contributed by atoms with Gasteiger partial charge in [0.1, 0.15) is 5.75 Å². The Morgan fingerprint density at radius 1 is 1.11 bits per heavy atom. The van der Waals surface area contributed by atoms with Crippen LogP contribution >= 0.6 is 11.6 Å². The second-order valence-electron chi connectivity index (χ2n) is 5.73. The molecule has 2 rings (SSSR count). The number of methoxy groups -OCH3 is 2. The van der Waals surface area contributed by atoms with Crippen LogP contribution in [0.2, 0.25) is 5.02 Å². The fraction of sp³-hybridized carbons (Fsp3) is 0.300. The van der Waals surface area contributed by atoms with E-state index in [0.29, 0.717) is 31.1 Å². The zero-order valence-corrected chi connectivity index (χ0v) is 16.8. The number of hydrazone groups is 1. The summed E-state index contributed by atoms with van der Waals surface area (Å²) >= 11 is 6.00. The van der Waals surface area contributed by atoms with Crippen molar-refractivity contribution in [1.29, 1.82) is 0 Å². The molecule has 0 heterocycles.